The predicted octanol–water partition coefficient (Wildman–Crippen LogP) is 2.56. The Morgan fingerprint density at radius 2 is 2.21 bits per heavy atom. The number of rotatable bonds is 5. The lowest BCUT2D eigenvalue weighted by Gasteiger charge is -2.11. The Morgan fingerprint density at radius 1 is 1.47 bits per heavy atom. The second-order valence-electron chi connectivity index (χ2n) is 4.94. The number of nitrogens with zero attached hydrogens (tertiary/aromatic N) is 2. The number of carbonyl (C=O) groups is 1. The predicted molar refractivity (Wildman–Crippen MR) is 73.2 cm³/mol. The third-order valence-electron chi connectivity index (χ3n) is 3.50. The van der Waals surface area contributed by atoms with Crippen LogP contribution in [0.1, 0.15) is 48.7 Å². The first-order valence-corrected chi connectivity index (χ1v) is 6.95. The molecule has 1 fully saturated rings. The molecule has 0 amide bonds. The van der Waals surface area contributed by atoms with Crippen LogP contribution in [0.2, 0.25) is 0 Å². The summed E-state index contributed by atoms with van der Waals surface area (Å²) in [7, 11) is 0. The zero-order chi connectivity index (χ0) is 13.7. The van der Waals surface area contributed by atoms with Gasteiger partial charge in [0.05, 0.1) is 17.9 Å². The van der Waals surface area contributed by atoms with Crippen molar-refractivity contribution in [2.24, 2.45) is 5.92 Å². The number of carbonyl (C=O) groups excluding carboxylic acids is 1. The van der Waals surface area contributed by atoms with Gasteiger partial charge in [0.15, 0.2) is 0 Å². The Balaban J connectivity index is 1.95. The molecular weight excluding hydrogens is 242 g/mol. The molecule has 0 unspecified atom stereocenters. The minimum absolute atomic E-state index is 0.359. The molecule has 1 aromatic heterocycles. The molecule has 1 aliphatic rings. The molecule has 1 aliphatic carbocycles. The summed E-state index contributed by atoms with van der Waals surface area (Å²) < 4.78 is 4.95. The highest BCUT2D eigenvalue weighted by atomic mass is 16.5. The largest absolute Gasteiger partial charge is 0.462 e. The maximum Gasteiger partial charge on any atom is 0.341 e. The molecule has 1 saturated carbocycles. The molecule has 1 aromatic rings. The van der Waals surface area contributed by atoms with E-state index in [0.717, 1.165) is 12.5 Å². The van der Waals surface area contributed by atoms with E-state index in [4.69, 9.17) is 4.74 Å². The average molecular weight is 263 g/mol. The molecule has 5 nitrogen and oxygen atoms in total. The quantitative estimate of drug-likeness (QED) is 0.827. The molecule has 0 bridgehead atoms. The molecule has 0 radical (unpaired) electrons. The van der Waals surface area contributed by atoms with Gasteiger partial charge in [-0.2, -0.15) is 0 Å². The second kappa shape index (κ2) is 6.50. The molecule has 1 heterocycles. The Hall–Kier alpha value is -1.65. The zero-order valence-electron chi connectivity index (χ0n) is 11.6. The van der Waals surface area contributed by atoms with E-state index in [9.17, 15) is 4.79 Å². The third kappa shape index (κ3) is 3.66. The van der Waals surface area contributed by atoms with Gasteiger partial charge in [0.25, 0.3) is 0 Å². The number of aryl methyl sites for hydroxylation is 1. The fourth-order valence-corrected chi connectivity index (χ4v) is 2.41. The van der Waals surface area contributed by atoms with Gasteiger partial charge >= 0.3 is 5.97 Å². The molecule has 19 heavy (non-hydrogen) atoms. The molecule has 104 valence electrons. The molecule has 0 aromatic carbocycles. The van der Waals surface area contributed by atoms with E-state index >= 15 is 0 Å². The van der Waals surface area contributed by atoms with Crippen molar-refractivity contribution in [3.8, 4) is 0 Å². The SMILES string of the molecule is CCOC(=O)c1cnc(NCC2CCCC2)nc1C. The van der Waals surface area contributed by atoms with Gasteiger partial charge in [0.2, 0.25) is 5.95 Å². The Kier molecular flexibility index (Phi) is 4.71. The molecule has 1 N–H and O–H groups in total. The van der Waals surface area contributed by atoms with Gasteiger partial charge in [-0.1, -0.05) is 12.8 Å². The second-order valence-corrected chi connectivity index (χ2v) is 4.94. The standard InChI is InChI=1S/C14H21N3O2/c1-3-19-13(18)12-9-16-14(17-10(12)2)15-8-11-6-4-5-7-11/h9,11H,3-8H2,1-2H3,(H,15,16,17). The highest BCUT2D eigenvalue weighted by molar-refractivity contribution is 5.90. The van der Waals surface area contributed by atoms with Crippen molar-refractivity contribution in [3.63, 3.8) is 0 Å². The van der Waals surface area contributed by atoms with Crippen LogP contribution in [-0.2, 0) is 4.74 Å². The topological polar surface area (TPSA) is 64.1 Å². The summed E-state index contributed by atoms with van der Waals surface area (Å²) in [6, 6.07) is 0. The number of nitrogens with one attached hydrogen (secondary N) is 1. The molecular formula is C14H21N3O2. The summed E-state index contributed by atoms with van der Waals surface area (Å²) in [4.78, 5) is 20.1. The summed E-state index contributed by atoms with van der Waals surface area (Å²) >= 11 is 0. The molecule has 0 aliphatic heterocycles. The van der Waals surface area contributed by atoms with E-state index in [2.05, 4.69) is 15.3 Å². The van der Waals surface area contributed by atoms with E-state index < -0.39 is 0 Å². The highest BCUT2D eigenvalue weighted by Gasteiger charge is 2.16. The van der Waals surface area contributed by atoms with Crippen molar-refractivity contribution in [3.05, 3.63) is 17.5 Å². The smallest absolute Gasteiger partial charge is 0.341 e. The summed E-state index contributed by atoms with van der Waals surface area (Å²) in [6.07, 6.45) is 6.76. The third-order valence-corrected chi connectivity index (χ3v) is 3.50. The number of aromatic nitrogens is 2. The van der Waals surface area contributed by atoms with Crippen molar-refractivity contribution < 1.29 is 9.53 Å². The van der Waals surface area contributed by atoms with Crippen LogP contribution in [0.25, 0.3) is 0 Å². The Morgan fingerprint density at radius 3 is 2.84 bits per heavy atom. The molecule has 2 rings (SSSR count). The zero-order valence-corrected chi connectivity index (χ0v) is 11.6. The first-order valence-electron chi connectivity index (χ1n) is 6.95. The lowest BCUT2D eigenvalue weighted by molar-refractivity contribution is 0.0524. The van der Waals surface area contributed by atoms with Crippen LogP contribution in [0.15, 0.2) is 6.20 Å². The van der Waals surface area contributed by atoms with Crippen molar-refractivity contribution in [1.29, 1.82) is 0 Å². The van der Waals surface area contributed by atoms with E-state index in [0.29, 0.717) is 23.8 Å². The van der Waals surface area contributed by atoms with Gasteiger partial charge in [-0.15, -0.1) is 0 Å². The molecule has 0 atom stereocenters. The van der Waals surface area contributed by atoms with Gasteiger partial charge in [0.1, 0.15) is 0 Å². The van der Waals surface area contributed by atoms with Crippen LogP contribution in [0.4, 0.5) is 5.95 Å². The minimum atomic E-state index is -0.359. The maximum atomic E-state index is 11.6. The van der Waals surface area contributed by atoms with Gasteiger partial charge in [0, 0.05) is 12.7 Å². The van der Waals surface area contributed by atoms with Gasteiger partial charge < -0.3 is 10.1 Å². The monoisotopic (exact) mass is 263 g/mol. The molecule has 0 spiro atoms. The van der Waals surface area contributed by atoms with E-state index in [1.54, 1.807) is 13.8 Å². The Labute approximate surface area is 113 Å². The van der Waals surface area contributed by atoms with Crippen molar-refractivity contribution in [2.45, 2.75) is 39.5 Å². The maximum absolute atomic E-state index is 11.6. The summed E-state index contributed by atoms with van der Waals surface area (Å²) in [5.41, 5.74) is 1.09. The van der Waals surface area contributed by atoms with Gasteiger partial charge in [-0.3, -0.25) is 0 Å². The van der Waals surface area contributed by atoms with Gasteiger partial charge in [-0.25, -0.2) is 14.8 Å². The first kappa shape index (κ1) is 13.8. The first-order chi connectivity index (χ1) is 9.20. The van der Waals surface area contributed by atoms with E-state index in [1.807, 2.05) is 0 Å². The van der Waals surface area contributed by atoms with E-state index in [1.165, 1.54) is 31.9 Å². The molecule has 0 saturated heterocycles. The highest BCUT2D eigenvalue weighted by Crippen LogP contribution is 2.24. The lowest BCUT2D eigenvalue weighted by Crippen LogP contribution is -2.15. The fourth-order valence-electron chi connectivity index (χ4n) is 2.41. The Bertz CT molecular complexity index is 442. The van der Waals surface area contributed by atoms with Crippen LogP contribution in [0.5, 0.6) is 0 Å². The summed E-state index contributed by atoms with van der Waals surface area (Å²) in [5.74, 6) is 0.966. The number of hydrogen-bond donors (Lipinski definition) is 1. The number of hydrogen-bond acceptors (Lipinski definition) is 5. The number of anilines is 1. The normalized spacial score (nSPS) is 15.5. The van der Waals surface area contributed by atoms with Crippen LogP contribution in [0.3, 0.4) is 0 Å². The lowest BCUT2D eigenvalue weighted by atomic mass is 10.1. The van der Waals surface area contributed by atoms with Crippen LogP contribution in [0, 0.1) is 12.8 Å². The van der Waals surface area contributed by atoms with Gasteiger partial charge in [-0.05, 0) is 32.6 Å². The van der Waals surface area contributed by atoms with Crippen molar-refractivity contribution in [1.82, 2.24) is 9.97 Å². The molecule has 5 heteroatoms. The summed E-state index contributed by atoms with van der Waals surface area (Å²) in [5, 5.41) is 3.25. The minimum Gasteiger partial charge on any atom is -0.462 e. The van der Waals surface area contributed by atoms with Crippen LogP contribution < -0.4 is 5.32 Å². The van der Waals surface area contributed by atoms with E-state index in [-0.39, 0.29) is 5.97 Å². The number of ether oxygens (including phenoxy) is 1. The summed E-state index contributed by atoms with van der Waals surface area (Å²) in [6.45, 7) is 4.86. The van der Waals surface area contributed by atoms with Crippen molar-refractivity contribution >= 4 is 11.9 Å². The number of esters is 1. The fraction of sp³-hybridized carbons (Fsp3) is 0.643. The average Bonchev–Trinajstić information content (AvgIpc) is 2.89. The van der Waals surface area contributed by atoms with Crippen LogP contribution >= 0.6 is 0 Å². The van der Waals surface area contributed by atoms with Crippen molar-refractivity contribution in [2.75, 3.05) is 18.5 Å². The van der Waals surface area contributed by atoms with Crippen LogP contribution in [-0.4, -0.2) is 29.1 Å².